The van der Waals surface area contributed by atoms with E-state index in [9.17, 15) is 26.4 Å². The highest BCUT2D eigenvalue weighted by Crippen LogP contribution is 2.37. The van der Waals surface area contributed by atoms with Gasteiger partial charge in [0.2, 0.25) is 0 Å². The molecule has 27 heavy (non-hydrogen) atoms. The minimum absolute atomic E-state index is 0.0852. The van der Waals surface area contributed by atoms with Gasteiger partial charge in [-0.1, -0.05) is 6.07 Å². The van der Waals surface area contributed by atoms with Crippen LogP contribution in [-0.4, -0.2) is 39.1 Å². The molecule has 1 aromatic carbocycles. The molecule has 0 atom stereocenters. The van der Waals surface area contributed by atoms with E-state index in [1.54, 1.807) is 11.6 Å². The van der Waals surface area contributed by atoms with Gasteiger partial charge in [-0.15, -0.1) is 5.10 Å². The van der Waals surface area contributed by atoms with Gasteiger partial charge in [-0.05, 0) is 25.1 Å². The number of anilines is 1. The fraction of sp³-hybridized carbons (Fsp3) is 0.143. The number of para-hydroxylation sites is 1. The minimum atomic E-state index is -4.99. The summed E-state index contributed by atoms with van der Waals surface area (Å²) in [6, 6.07) is 3.79. The molecule has 2 heterocycles. The topological polar surface area (TPSA) is 127 Å². The number of aromatic carboxylic acids is 1. The molecule has 0 unspecified atom stereocenters. The Bertz CT molecular complexity index is 1160. The number of aromatic nitrogens is 4. The van der Waals surface area contributed by atoms with Crippen LogP contribution in [0.3, 0.4) is 0 Å². The van der Waals surface area contributed by atoms with Crippen LogP contribution in [-0.2, 0) is 16.2 Å². The number of halogens is 3. The Morgan fingerprint density at radius 2 is 1.96 bits per heavy atom. The Labute approximate surface area is 149 Å². The van der Waals surface area contributed by atoms with Crippen molar-refractivity contribution in [3.05, 3.63) is 47.3 Å². The molecule has 3 rings (SSSR count). The van der Waals surface area contributed by atoms with Crippen LogP contribution < -0.4 is 4.72 Å². The standard InChI is InChI=1S/C14H10F3N5O4S/c1-7-5-6-18-12-19-13(20-22(7)12)27(25,26)21-10-8(11(23)24)3-2-4-9(10)14(15,16)17/h2-6,21H,1H3,(H,23,24). The maximum atomic E-state index is 13.2. The Kier molecular flexibility index (Phi) is 4.26. The highest BCUT2D eigenvalue weighted by Gasteiger charge is 2.37. The van der Waals surface area contributed by atoms with E-state index in [1.165, 1.54) is 12.3 Å². The zero-order chi connectivity index (χ0) is 20.0. The van der Waals surface area contributed by atoms with Gasteiger partial charge in [0.25, 0.3) is 21.0 Å². The van der Waals surface area contributed by atoms with Gasteiger partial charge in [-0.25, -0.2) is 14.3 Å². The number of hydrogen-bond acceptors (Lipinski definition) is 6. The van der Waals surface area contributed by atoms with Crippen molar-refractivity contribution in [2.75, 3.05) is 4.72 Å². The van der Waals surface area contributed by atoms with Gasteiger partial charge >= 0.3 is 12.1 Å². The molecule has 142 valence electrons. The Balaban J connectivity index is 2.15. The van der Waals surface area contributed by atoms with Gasteiger partial charge in [0.1, 0.15) is 0 Å². The quantitative estimate of drug-likeness (QED) is 0.684. The molecule has 2 N–H and O–H groups in total. The number of carboxylic acid groups (broad SMARTS) is 1. The smallest absolute Gasteiger partial charge is 0.418 e. The molecule has 0 saturated heterocycles. The lowest BCUT2D eigenvalue weighted by molar-refractivity contribution is -0.136. The van der Waals surface area contributed by atoms with E-state index in [1.807, 2.05) is 0 Å². The summed E-state index contributed by atoms with van der Waals surface area (Å²) in [5.41, 5.74) is -2.97. The van der Waals surface area contributed by atoms with Crippen LogP contribution in [0.5, 0.6) is 0 Å². The molecule has 3 aromatic rings. The van der Waals surface area contributed by atoms with Crippen molar-refractivity contribution >= 4 is 27.5 Å². The largest absolute Gasteiger partial charge is 0.478 e. The lowest BCUT2D eigenvalue weighted by Gasteiger charge is -2.15. The van der Waals surface area contributed by atoms with Gasteiger partial charge in [-0.2, -0.15) is 26.6 Å². The van der Waals surface area contributed by atoms with E-state index >= 15 is 0 Å². The van der Waals surface area contributed by atoms with Gasteiger partial charge in [0.15, 0.2) is 0 Å². The number of aryl methyl sites for hydroxylation is 1. The van der Waals surface area contributed by atoms with Crippen molar-refractivity contribution in [3.8, 4) is 0 Å². The fourth-order valence-corrected chi connectivity index (χ4v) is 3.23. The van der Waals surface area contributed by atoms with E-state index in [4.69, 9.17) is 5.11 Å². The number of fused-ring (bicyclic) bond motifs is 1. The van der Waals surface area contributed by atoms with Gasteiger partial charge < -0.3 is 5.11 Å². The fourth-order valence-electron chi connectivity index (χ4n) is 2.26. The lowest BCUT2D eigenvalue weighted by Crippen LogP contribution is -2.21. The number of benzene rings is 1. The van der Waals surface area contributed by atoms with Crippen molar-refractivity contribution in [2.24, 2.45) is 0 Å². The zero-order valence-electron chi connectivity index (χ0n) is 13.4. The van der Waals surface area contributed by atoms with Crippen LogP contribution in [0.2, 0.25) is 0 Å². The first-order chi connectivity index (χ1) is 12.5. The van der Waals surface area contributed by atoms with Crippen molar-refractivity contribution in [1.29, 1.82) is 0 Å². The number of sulfonamides is 1. The summed E-state index contributed by atoms with van der Waals surface area (Å²) in [5.74, 6) is -1.82. The maximum absolute atomic E-state index is 13.2. The molecule has 0 fully saturated rings. The van der Waals surface area contributed by atoms with E-state index in [2.05, 4.69) is 15.1 Å². The third kappa shape index (κ3) is 3.40. The number of carbonyl (C=O) groups is 1. The van der Waals surface area contributed by atoms with Crippen LogP contribution in [0.15, 0.2) is 35.6 Å². The maximum Gasteiger partial charge on any atom is 0.418 e. The minimum Gasteiger partial charge on any atom is -0.478 e. The first-order valence-electron chi connectivity index (χ1n) is 7.15. The predicted molar refractivity (Wildman–Crippen MR) is 84.7 cm³/mol. The number of rotatable bonds is 4. The number of nitrogens with zero attached hydrogens (tertiary/aromatic N) is 4. The summed E-state index contributed by atoms with van der Waals surface area (Å²) in [6.45, 7) is 1.59. The highest BCUT2D eigenvalue weighted by atomic mass is 32.2. The van der Waals surface area contributed by atoms with Crippen LogP contribution in [0.25, 0.3) is 5.78 Å². The number of hydrogen-bond donors (Lipinski definition) is 2. The average molecular weight is 401 g/mol. The number of alkyl halides is 3. The molecule has 0 aliphatic carbocycles. The van der Waals surface area contributed by atoms with Crippen LogP contribution >= 0.6 is 0 Å². The summed E-state index contributed by atoms with van der Waals surface area (Å²) in [5, 5.41) is 12.0. The molecule has 9 nitrogen and oxygen atoms in total. The second-order valence-corrected chi connectivity index (χ2v) is 6.91. The summed E-state index contributed by atoms with van der Waals surface area (Å²) in [4.78, 5) is 18.7. The summed E-state index contributed by atoms with van der Waals surface area (Å²) < 4.78 is 67.4. The molecule has 2 aromatic heterocycles. The second kappa shape index (κ2) is 6.19. The van der Waals surface area contributed by atoms with Crippen molar-refractivity contribution < 1.29 is 31.5 Å². The number of carboxylic acids is 1. The highest BCUT2D eigenvalue weighted by molar-refractivity contribution is 7.92. The first-order valence-corrected chi connectivity index (χ1v) is 8.64. The van der Waals surface area contributed by atoms with Crippen LogP contribution in [0.4, 0.5) is 18.9 Å². The molecule has 0 spiro atoms. The predicted octanol–water partition coefficient (Wildman–Crippen LogP) is 1.95. The van der Waals surface area contributed by atoms with E-state index < -0.39 is 44.1 Å². The number of nitrogens with one attached hydrogen (secondary N) is 1. The molecule has 13 heteroatoms. The molecule has 0 bridgehead atoms. The third-order valence-corrected chi connectivity index (χ3v) is 4.61. The monoisotopic (exact) mass is 401 g/mol. The summed E-state index contributed by atoms with van der Waals surface area (Å²) in [6.07, 6.45) is -3.64. The first kappa shape index (κ1) is 18.6. The van der Waals surface area contributed by atoms with E-state index in [-0.39, 0.29) is 5.78 Å². The Morgan fingerprint density at radius 1 is 1.26 bits per heavy atom. The average Bonchev–Trinajstić information content (AvgIpc) is 3.00. The van der Waals surface area contributed by atoms with Crippen molar-refractivity contribution in [1.82, 2.24) is 19.6 Å². The van der Waals surface area contributed by atoms with Gasteiger partial charge in [-0.3, -0.25) is 4.72 Å². The van der Waals surface area contributed by atoms with Crippen molar-refractivity contribution in [3.63, 3.8) is 0 Å². The van der Waals surface area contributed by atoms with E-state index in [0.29, 0.717) is 11.8 Å². The zero-order valence-corrected chi connectivity index (χ0v) is 14.2. The molecular formula is C14H10F3N5O4S. The SMILES string of the molecule is Cc1ccnc2nc(S(=O)(=O)Nc3c(C(=O)O)cccc3C(F)(F)F)nn12. The third-order valence-electron chi connectivity index (χ3n) is 3.49. The molecular weight excluding hydrogens is 391 g/mol. The Hall–Kier alpha value is -3.22. The van der Waals surface area contributed by atoms with E-state index in [0.717, 1.165) is 16.6 Å². The van der Waals surface area contributed by atoms with Gasteiger partial charge in [0.05, 0.1) is 16.8 Å². The molecule has 0 radical (unpaired) electrons. The molecule has 0 saturated carbocycles. The molecule has 0 amide bonds. The van der Waals surface area contributed by atoms with Crippen LogP contribution in [0.1, 0.15) is 21.6 Å². The summed E-state index contributed by atoms with van der Waals surface area (Å²) in [7, 11) is -4.73. The van der Waals surface area contributed by atoms with Crippen LogP contribution in [0, 0.1) is 6.92 Å². The molecule has 0 aliphatic rings. The van der Waals surface area contributed by atoms with Crippen molar-refractivity contribution in [2.45, 2.75) is 18.3 Å². The normalized spacial score (nSPS) is 12.3. The Morgan fingerprint density at radius 3 is 2.56 bits per heavy atom. The van der Waals surface area contributed by atoms with Gasteiger partial charge in [0, 0.05) is 11.9 Å². The summed E-state index contributed by atoms with van der Waals surface area (Å²) >= 11 is 0. The molecule has 0 aliphatic heterocycles. The second-order valence-electron chi connectivity index (χ2n) is 5.33. The lowest BCUT2D eigenvalue weighted by atomic mass is 10.1.